The highest BCUT2D eigenvalue weighted by Crippen LogP contribution is 2.27. The van der Waals surface area contributed by atoms with E-state index in [-0.39, 0.29) is 0 Å². The molecule has 0 fully saturated rings. The summed E-state index contributed by atoms with van der Waals surface area (Å²) in [6, 6.07) is 41.3. The minimum atomic E-state index is 0.631. The van der Waals surface area contributed by atoms with Gasteiger partial charge >= 0.3 is 0 Å². The number of halogens is 1. The molecule has 0 heterocycles. The first kappa shape index (κ1) is 23.7. The van der Waals surface area contributed by atoms with E-state index in [0.717, 1.165) is 48.8 Å². The van der Waals surface area contributed by atoms with E-state index in [2.05, 4.69) is 95.3 Å². The molecule has 0 spiro atoms. The monoisotopic (exact) mass is 528 g/mol. The van der Waals surface area contributed by atoms with Gasteiger partial charge in [-0.05, 0) is 52.6 Å². The number of benzene rings is 5. The summed E-state index contributed by atoms with van der Waals surface area (Å²) in [5, 5.41) is 2.29. The van der Waals surface area contributed by atoms with E-state index in [1.165, 1.54) is 0 Å². The van der Waals surface area contributed by atoms with Gasteiger partial charge in [-0.15, -0.1) is 0 Å². The highest BCUT2D eigenvalue weighted by Gasteiger charge is 2.10. The van der Waals surface area contributed by atoms with Crippen molar-refractivity contribution < 1.29 is 0 Å². The Labute approximate surface area is 220 Å². The summed E-state index contributed by atoms with van der Waals surface area (Å²) >= 11 is 3.59. The van der Waals surface area contributed by atoms with Crippen LogP contribution >= 0.6 is 15.9 Å². The fourth-order valence-electron chi connectivity index (χ4n) is 4.23. The SMILES string of the molecule is C=C(/N=C(\N=C(/C)c1ccccc1)c1cccc(-c2cccc(Br)c2)c1)c1cccc2ccccc12. The third-order valence-corrected chi connectivity index (χ3v) is 6.58. The molecule has 5 aromatic carbocycles. The zero-order valence-corrected chi connectivity index (χ0v) is 21.6. The van der Waals surface area contributed by atoms with Gasteiger partial charge in [0, 0.05) is 21.3 Å². The van der Waals surface area contributed by atoms with Gasteiger partial charge in [-0.1, -0.05) is 126 Å². The van der Waals surface area contributed by atoms with Crippen molar-refractivity contribution in [2.75, 3.05) is 0 Å². The molecule has 0 radical (unpaired) electrons. The minimum absolute atomic E-state index is 0.631. The van der Waals surface area contributed by atoms with Crippen molar-refractivity contribution >= 4 is 43.9 Å². The minimum Gasteiger partial charge on any atom is -0.233 e. The molecule has 0 aromatic heterocycles. The Morgan fingerprint density at radius 1 is 0.639 bits per heavy atom. The molecule has 0 aliphatic heterocycles. The van der Waals surface area contributed by atoms with Crippen molar-refractivity contribution in [2.45, 2.75) is 6.92 Å². The summed E-state index contributed by atoms with van der Waals surface area (Å²) in [7, 11) is 0. The molecular formula is C33H25BrN2. The molecule has 0 N–H and O–H groups in total. The number of fused-ring (bicyclic) bond motifs is 1. The summed E-state index contributed by atoms with van der Waals surface area (Å²) in [6.45, 7) is 6.37. The van der Waals surface area contributed by atoms with Gasteiger partial charge in [0.2, 0.25) is 0 Å². The second-order valence-electron chi connectivity index (χ2n) is 8.56. The number of hydrogen-bond acceptors (Lipinski definition) is 1. The van der Waals surface area contributed by atoms with E-state index in [4.69, 9.17) is 9.98 Å². The normalized spacial score (nSPS) is 12.1. The summed E-state index contributed by atoms with van der Waals surface area (Å²) in [5.41, 5.74) is 6.80. The predicted molar refractivity (Wildman–Crippen MR) is 158 cm³/mol. The van der Waals surface area contributed by atoms with Crippen LogP contribution in [0.3, 0.4) is 0 Å². The second kappa shape index (κ2) is 10.7. The Hall–Kier alpha value is -4.08. The zero-order chi connectivity index (χ0) is 24.9. The highest BCUT2D eigenvalue weighted by molar-refractivity contribution is 9.10. The summed E-state index contributed by atoms with van der Waals surface area (Å²) in [4.78, 5) is 10.0. The van der Waals surface area contributed by atoms with Crippen LogP contribution in [0.1, 0.15) is 23.6 Å². The van der Waals surface area contributed by atoms with E-state index in [9.17, 15) is 0 Å². The maximum atomic E-state index is 5.01. The molecule has 0 saturated heterocycles. The van der Waals surface area contributed by atoms with Crippen LogP contribution in [0.5, 0.6) is 0 Å². The molecule has 0 aliphatic carbocycles. The third kappa shape index (κ3) is 5.27. The van der Waals surface area contributed by atoms with Crippen LogP contribution in [0, 0.1) is 0 Å². The fraction of sp³-hybridized carbons (Fsp3) is 0.0303. The van der Waals surface area contributed by atoms with E-state index < -0.39 is 0 Å². The quantitative estimate of drug-likeness (QED) is 0.160. The lowest BCUT2D eigenvalue weighted by molar-refractivity contribution is 1.45. The first-order valence-electron chi connectivity index (χ1n) is 11.8. The summed E-state index contributed by atoms with van der Waals surface area (Å²) in [6.07, 6.45) is 0. The van der Waals surface area contributed by atoms with Crippen LogP contribution in [0.2, 0.25) is 0 Å². The molecule has 36 heavy (non-hydrogen) atoms. The Bertz CT molecular complexity index is 1610. The van der Waals surface area contributed by atoms with Gasteiger partial charge < -0.3 is 0 Å². The van der Waals surface area contributed by atoms with Gasteiger partial charge in [-0.3, -0.25) is 0 Å². The molecule has 0 saturated carbocycles. The molecule has 0 amide bonds. The van der Waals surface area contributed by atoms with Gasteiger partial charge in [-0.2, -0.15) is 0 Å². The van der Waals surface area contributed by atoms with Gasteiger partial charge in [-0.25, -0.2) is 9.98 Å². The summed E-state index contributed by atoms with van der Waals surface area (Å²) in [5.74, 6) is 0.631. The van der Waals surface area contributed by atoms with E-state index in [0.29, 0.717) is 11.5 Å². The third-order valence-electron chi connectivity index (χ3n) is 6.09. The fourth-order valence-corrected chi connectivity index (χ4v) is 4.63. The van der Waals surface area contributed by atoms with Gasteiger partial charge in [0.25, 0.3) is 0 Å². The van der Waals surface area contributed by atoms with Crippen LogP contribution in [0.15, 0.2) is 142 Å². The average Bonchev–Trinajstić information content (AvgIpc) is 2.93. The zero-order valence-electron chi connectivity index (χ0n) is 20.0. The van der Waals surface area contributed by atoms with E-state index >= 15 is 0 Å². The van der Waals surface area contributed by atoms with Crippen LogP contribution in [-0.2, 0) is 0 Å². The first-order chi connectivity index (χ1) is 17.6. The number of hydrogen-bond donors (Lipinski definition) is 0. The van der Waals surface area contributed by atoms with Crippen molar-refractivity contribution in [3.63, 3.8) is 0 Å². The van der Waals surface area contributed by atoms with Crippen LogP contribution in [0.25, 0.3) is 27.6 Å². The maximum Gasteiger partial charge on any atom is 0.160 e. The van der Waals surface area contributed by atoms with Crippen LogP contribution in [-0.4, -0.2) is 11.5 Å². The van der Waals surface area contributed by atoms with Crippen molar-refractivity contribution in [2.24, 2.45) is 9.98 Å². The lowest BCUT2D eigenvalue weighted by Crippen LogP contribution is -2.04. The topological polar surface area (TPSA) is 24.7 Å². The number of aliphatic imine (C=N–C) groups is 2. The van der Waals surface area contributed by atoms with Crippen molar-refractivity contribution in [1.29, 1.82) is 0 Å². The molecule has 0 aliphatic rings. The molecule has 5 aromatic rings. The van der Waals surface area contributed by atoms with Gasteiger partial charge in [0.15, 0.2) is 5.84 Å². The Morgan fingerprint density at radius 2 is 1.28 bits per heavy atom. The van der Waals surface area contributed by atoms with E-state index in [1.54, 1.807) is 0 Å². The second-order valence-corrected chi connectivity index (χ2v) is 9.48. The van der Waals surface area contributed by atoms with Crippen LogP contribution in [0.4, 0.5) is 0 Å². The highest BCUT2D eigenvalue weighted by atomic mass is 79.9. The lowest BCUT2D eigenvalue weighted by atomic mass is 10.0. The Kier molecular flexibility index (Phi) is 7.01. The average molecular weight is 529 g/mol. The number of rotatable bonds is 5. The van der Waals surface area contributed by atoms with Crippen molar-refractivity contribution in [1.82, 2.24) is 0 Å². The first-order valence-corrected chi connectivity index (χ1v) is 12.6. The lowest BCUT2D eigenvalue weighted by Gasteiger charge is -2.11. The largest absolute Gasteiger partial charge is 0.233 e. The molecule has 5 rings (SSSR count). The molecule has 2 nitrogen and oxygen atoms in total. The molecule has 174 valence electrons. The maximum absolute atomic E-state index is 5.01. The number of nitrogens with zero attached hydrogens (tertiary/aromatic N) is 2. The smallest absolute Gasteiger partial charge is 0.160 e. The standard InChI is InChI=1S/C33H25BrN2/c1-23(25-11-4-3-5-12-25)35-33(29-17-8-15-27(21-29)28-16-9-18-30(34)22-28)36-24(2)31-20-10-14-26-13-6-7-19-32(26)31/h3-22H,2H2,1H3/b35-23+,36-33-. The van der Waals surface area contributed by atoms with Crippen molar-refractivity contribution in [3.8, 4) is 11.1 Å². The molecule has 0 bridgehead atoms. The van der Waals surface area contributed by atoms with Gasteiger partial charge in [0.1, 0.15) is 0 Å². The Balaban J connectivity index is 1.63. The van der Waals surface area contributed by atoms with Gasteiger partial charge in [0.05, 0.1) is 5.70 Å². The predicted octanol–water partition coefficient (Wildman–Crippen LogP) is 9.20. The summed E-state index contributed by atoms with van der Waals surface area (Å²) < 4.78 is 1.04. The molecule has 3 heteroatoms. The molecule has 0 unspecified atom stereocenters. The van der Waals surface area contributed by atoms with Crippen LogP contribution < -0.4 is 0 Å². The van der Waals surface area contributed by atoms with E-state index in [1.807, 2.05) is 55.5 Å². The number of amidine groups is 1. The van der Waals surface area contributed by atoms with Crippen molar-refractivity contribution in [3.05, 3.63) is 149 Å². The molecule has 0 atom stereocenters. The molecular weight excluding hydrogens is 504 g/mol. The Morgan fingerprint density at radius 3 is 2.08 bits per heavy atom.